The predicted molar refractivity (Wildman–Crippen MR) is 111 cm³/mol. The van der Waals surface area contributed by atoms with Crippen LogP contribution < -0.4 is 10.1 Å². The van der Waals surface area contributed by atoms with Crippen molar-refractivity contribution in [2.24, 2.45) is 0 Å². The number of benzene rings is 2. The van der Waals surface area contributed by atoms with Crippen LogP contribution in [0.1, 0.15) is 41.3 Å². The standard InChI is InChI=1S/C22H21N3O5/c1-3-4-11-24-21(26)18(14-23)13-16-5-8-19(9-6-16)30-22(27)17-7-10-20(25(28)29)15(2)12-17/h5-10,12-13H,3-4,11H2,1-2H3,(H,24,26)/b18-13+. The molecule has 0 bridgehead atoms. The molecule has 8 nitrogen and oxygen atoms in total. The number of carbonyl (C=O) groups is 2. The Morgan fingerprint density at radius 1 is 1.23 bits per heavy atom. The molecule has 0 fully saturated rings. The van der Waals surface area contributed by atoms with Gasteiger partial charge in [-0.05, 0) is 49.2 Å². The Balaban J connectivity index is 2.07. The van der Waals surface area contributed by atoms with Gasteiger partial charge in [0.1, 0.15) is 17.4 Å². The summed E-state index contributed by atoms with van der Waals surface area (Å²) in [6, 6.07) is 12.2. The van der Waals surface area contributed by atoms with E-state index in [2.05, 4.69) is 5.32 Å². The summed E-state index contributed by atoms with van der Waals surface area (Å²) < 4.78 is 5.28. The van der Waals surface area contributed by atoms with Gasteiger partial charge < -0.3 is 10.1 Å². The number of nitro benzene ring substituents is 1. The van der Waals surface area contributed by atoms with Crippen LogP contribution >= 0.6 is 0 Å². The van der Waals surface area contributed by atoms with E-state index in [1.54, 1.807) is 19.1 Å². The number of nitriles is 1. The maximum atomic E-state index is 12.3. The lowest BCUT2D eigenvalue weighted by molar-refractivity contribution is -0.385. The number of amides is 1. The van der Waals surface area contributed by atoms with Crippen molar-refractivity contribution in [2.45, 2.75) is 26.7 Å². The molecule has 8 heteroatoms. The van der Waals surface area contributed by atoms with Gasteiger partial charge in [-0.15, -0.1) is 0 Å². The van der Waals surface area contributed by atoms with Gasteiger partial charge in [-0.3, -0.25) is 14.9 Å². The summed E-state index contributed by atoms with van der Waals surface area (Å²) in [4.78, 5) is 34.6. The van der Waals surface area contributed by atoms with Gasteiger partial charge in [0.25, 0.3) is 11.6 Å². The van der Waals surface area contributed by atoms with Crippen LogP contribution in [-0.4, -0.2) is 23.3 Å². The molecule has 0 aliphatic heterocycles. The van der Waals surface area contributed by atoms with Gasteiger partial charge in [0, 0.05) is 18.2 Å². The summed E-state index contributed by atoms with van der Waals surface area (Å²) >= 11 is 0. The first kappa shape index (κ1) is 22.3. The number of hydrogen-bond donors (Lipinski definition) is 1. The summed E-state index contributed by atoms with van der Waals surface area (Å²) in [5.41, 5.74) is 1.06. The van der Waals surface area contributed by atoms with Gasteiger partial charge in [-0.25, -0.2) is 4.79 Å². The summed E-state index contributed by atoms with van der Waals surface area (Å²) in [6.07, 6.45) is 3.22. The minimum absolute atomic E-state index is 0.0165. The monoisotopic (exact) mass is 407 g/mol. The second-order valence-electron chi connectivity index (χ2n) is 6.50. The Bertz CT molecular complexity index is 1020. The van der Waals surface area contributed by atoms with Crippen molar-refractivity contribution in [3.8, 4) is 11.8 Å². The number of rotatable bonds is 8. The Labute approximate surface area is 173 Å². The second-order valence-corrected chi connectivity index (χ2v) is 6.50. The number of hydrogen-bond acceptors (Lipinski definition) is 6. The zero-order chi connectivity index (χ0) is 22.1. The van der Waals surface area contributed by atoms with Gasteiger partial charge in [-0.1, -0.05) is 25.5 Å². The van der Waals surface area contributed by atoms with Crippen LogP contribution in [-0.2, 0) is 4.79 Å². The lowest BCUT2D eigenvalue weighted by atomic mass is 10.1. The Morgan fingerprint density at radius 3 is 2.50 bits per heavy atom. The fourth-order valence-corrected chi connectivity index (χ4v) is 2.57. The van der Waals surface area contributed by atoms with Crippen LogP contribution in [0.4, 0.5) is 5.69 Å². The Kier molecular flexibility index (Phi) is 7.82. The molecule has 30 heavy (non-hydrogen) atoms. The number of aryl methyl sites for hydroxylation is 1. The SMILES string of the molecule is CCCCNC(=O)/C(C#N)=C/c1ccc(OC(=O)c2ccc([N+](=O)[O-])c(C)c2)cc1. The lowest BCUT2D eigenvalue weighted by Gasteiger charge is -2.06. The predicted octanol–water partition coefficient (Wildman–Crippen LogP) is 3.95. The number of nitrogens with one attached hydrogen (secondary N) is 1. The summed E-state index contributed by atoms with van der Waals surface area (Å²) in [6.45, 7) is 4.05. The number of ether oxygens (including phenoxy) is 1. The van der Waals surface area contributed by atoms with Crippen LogP contribution in [0, 0.1) is 28.4 Å². The van der Waals surface area contributed by atoms with Gasteiger partial charge >= 0.3 is 5.97 Å². The molecule has 1 amide bonds. The molecular weight excluding hydrogens is 386 g/mol. The number of nitrogens with zero attached hydrogens (tertiary/aromatic N) is 2. The Hall–Kier alpha value is -3.99. The van der Waals surface area contributed by atoms with Gasteiger partial charge in [0.05, 0.1) is 10.5 Å². The molecule has 2 aromatic rings. The van der Waals surface area contributed by atoms with E-state index < -0.39 is 16.8 Å². The number of nitro groups is 1. The number of carbonyl (C=O) groups excluding carboxylic acids is 2. The molecule has 2 aromatic carbocycles. The third-order valence-electron chi connectivity index (χ3n) is 4.21. The van der Waals surface area contributed by atoms with Gasteiger partial charge in [-0.2, -0.15) is 5.26 Å². The molecule has 0 radical (unpaired) electrons. The van der Waals surface area contributed by atoms with Crippen molar-refractivity contribution in [2.75, 3.05) is 6.54 Å². The molecule has 0 heterocycles. The number of unbranched alkanes of at least 4 members (excludes halogenated alkanes) is 1. The molecule has 0 atom stereocenters. The van der Waals surface area contributed by atoms with E-state index >= 15 is 0 Å². The first-order valence-corrected chi connectivity index (χ1v) is 9.33. The highest BCUT2D eigenvalue weighted by atomic mass is 16.6. The smallest absolute Gasteiger partial charge is 0.343 e. The molecule has 0 aromatic heterocycles. The third kappa shape index (κ3) is 6.01. The van der Waals surface area contributed by atoms with Gasteiger partial charge in [0.15, 0.2) is 0 Å². The van der Waals surface area contributed by atoms with Crippen molar-refractivity contribution >= 4 is 23.6 Å². The highest BCUT2D eigenvalue weighted by Crippen LogP contribution is 2.21. The van der Waals surface area contributed by atoms with Crippen molar-refractivity contribution in [1.29, 1.82) is 5.26 Å². The molecule has 0 spiro atoms. The van der Waals surface area contributed by atoms with E-state index in [9.17, 15) is 25.0 Å². The van der Waals surface area contributed by atoms with E-state index in [4.69, 9.17) is 4.74 Å². The van der Waals surface area contributed by atoms with Crippen LogP contribution in [0.25, 0.3) is 6.08 Å². The number of esters is 1. The van der Waals surface area contributed by atoms with Crippen LogP contribution in [0.2, 0.25) is 0 Å². The zero-order valence-corrected chi connectivity index (χ0v) is 16.7. The topological polar surface area (TPSA) is 122 Å². The summed E-state index contributed by atoms with van der Waals surface area (Å²) in [5, 5.41) is 22.8. The molecule has 2 rings (SSSR count). The highest BCUT2D eigenvalue weighted by Gasteiger charge is 2.15. The van der Waals surface area contributed by atoms with E-state index in [-0.39, 0.29) is 22.6 Å². The maximum Gasteiger partial charge on any atom is 0.343 e. The first-order valence-electron chi connectivity index (χ1n) is 9.33. The molecule has 0 unspecified atom stereocenters. The average molecular weight is 407 g/mol. The van der Waals surface area contributed by atoms with Crippen molar-refractivity contribution in [1.82, 2.24) is 5.32 Å². The largest absolute Gasteiger partial charge is 0.423 e. The van der Waals surface area contributed by atoms with Crippen LogP contribution in [0.5, 0.6) is 5.75 Å². The van der Waals surface area contributed by atoms with E-state index in [0.29, 0.717) is 17.7 Å². The van der Waals surface area contributed by atoms with Crippen molar-refractivity contribution in [3.05, 3.63) is 74.8 Å². The van der Waals surface area contributed by atoms with Crippen LogP contribution in [0.15, 0.2) is 48.0 Å². The molecule has 154 valence electrons. The van der Waals surface area contributed by atoms with E-state index in [1.807, 2.05) is 13.0 Å². The van der Waals surface area contributed by atoms with Crippen molar-refractivity contribution in [3.63, 3.8) is 0 Å². The second kappa shape index (κ2) is 10.5. The normalized spacial score (nSPS) is 10.8. The van der Waals surface area contributed by atoms with Crippen molar-refractivity contribution < 1.29 is 19.2 Å². The maximum absolute atomic E-state index is 12.3. The quantitative estimate of drug-likeness (QED) is 0.134. The third-order valence-corrected chi connectivity index (χ3v) is 4.21. The summed E-state index contributed by atoms with van der Waals surface area (Å²) in [5.74, 6) is -0.821. The molecular formula is C22H21N3O5. The molecule has 1 N–H and O–H groups in total. The van der Waals surface area contributed by atoms with E-state index in [1.165, 1.54) is 36.4 Å². The minimum Gasteiger partial charge on any atom is -0.423 e. The Morgan fingerprint density at radius 2 is 1.93 bits per heavy atom. The first-order chi connectivity index (χ1) is 14.3. The van der Waals surface area contributed by atoms with E-state index in [0.717, 1.165) is 12.8 Å². The summed E-state index contributed by atoms with van der Waals surface area (Å²) in [7, 11) is 0. The highest BCUT2D eigenvalue weighted by molar-refractivity contribution is 6.01. The molecule has 0 saturated carbocycles. The molecule has 0 saturated heterocycles. The lowest BCUT2D eigenvalue weighted by Crippen LogP contribution is -2.25. The average Bonchev–Trinajstić information content (AvgIpc) is 2.72. The fourth-order valence-electron chi connectivity index (χ4n) is 2.57. The minimum atomic E-state index is -0.649. The van der Waals surface area contributed by atoms with Crippen LogP contribution in [0.3, 0.4) is 0 Å². The fraction of sp³-hybridized carbons (Fsp3) is 0.227. The molecule has 0 aliphatic carbocycles. The molecule has 0 aliphatic rings. The zero-order valence-electron chi connectivity index (χ0n) is 16.7. The van der Waals surface area contributed by atoms with Gasteiger partial charge in [0.2, 0.25) is 0 Å².